The molecule has 0 saturated heterocycles. The largest absolute Gasteiger partial charge is 0.484 e. The van der Waals surface area contributed by atoms with E-state index in [-0.39, 0.29) is 52.0 Å². The van der Waals surface area contributed by atoms with Crippen molar-refractivity contribution in [3.8, 4) is 5.75 Å². The van der Waals surface area contributed by atoms with Crippen LogP contribution in [0.5, 0.6) is 5.75 Å². The maximum Gasteiger partial charge on any atom is 0.287 e. The molecule has 2 amide bonds. The van der Waals surface area contributed by atoms with E-state index in [1.165, 1.54) is 18.2 Å². The van der Waals surface area contributed by atoms with Crippen LogP contribution in [0.2, 0.25) is 10.0 Å². The van der Waals surface area contributed by atoms with E-state index in [0.717, 1.165) is 12.1 Å². The Morgan fingerprint density at radius 1 is 1.12 bits per heavy atom. The molecule has 1 heterocycles. The van der Waals surface area contributed by atoms with Crippen LogP contribution in [0.3, 0.4) is 0 Å². The van der Waals surface area contributed by atoms with Gasteiger partial charge in [0, 0.05) is 28.7 Å². The number of hydrogen-bond acceptors (Lipinski definition) is 5. The van der Waals surface area contributed by atoms with E-state index in [4.69, 9.17) is 32.4 Å². The van der Waals surface area contributed by atoms with Gasteiger partial charge in [0.05, 0.1) is 10.4 Å². The Balaban J connectivity index is 1.18. The number of halogens is 3. The summed E-state index contributed by atoms with van der Waals surface area (Å²) in [6.07, 6.45) is 1.97. The van der Waals surface area contributed by atoms with Crippen LogP contribution in [0.1, 0.15) is 29.8 Å². The van der Waals surface area contributed by atoms with Gasteiger partial charge in [0.2, 0.25) is 0 Å². The second-order valence-corrected chi connectivity index (χ2v) is 9.60. The van der Waals surface area contributed by atoms with Crippen LogP contribution in [0, 0.1) is 11.7 Å². The zero-order valence-electron chi connectivity index (χ0n) is 17.7. The summed E-state index contributed by atoms with van der Waals surface area (Å²) in [5, 5.41) is 6.58. The molecule has 2 bridgehead atoms. The third-order valence-corrected chi connectivity index (χ3v) is 6.93. The highest BCUT2D eigenvalue weighted by Gasteiger charge is 2.57. The molecule has 3 saturated carbocycles. The highest BCUT2D eigenvalue weighted by molar-refractivity contribution is 6.31. The zero-order chi connectivity index (χ0) is 24.0. The first-order valence-electron chi connectivity index (χ1n) is 10.6. The molecule has 3 aliphatic carbocycles. The monoisotopic (exact) mass is 504 g/mol. The predicted octanol–water partition coefficient (Wildman–Crippen LogP) is 4.09. The number of carbonyl (C=O) groups is 2. The molecule has 34 heavy (non-hydrogen) atoms. The molecule has 7 nitrogen and oxygen atoms in total. The first kappa shape index (κ1) is 22.7. The fraction of sp³-hybridized carbons (Fsp3) is 0.292. The second-order valence-electron chi connectivity index (χ2n) is 8.76. The van der Waals surface area contributed by atoms with E-state index in [0.29, 0.717) is 29.7 Å². The topological polar surface area (TPSA) is 97.6 Å². The van der Waals surface area contributed by atoms with E-state index in [9.17, 15) is 18.8 Å². The van der Waals surface area contributed by atoms with E-state index < -0.39 is 17.3 Å². The first-order chi connectivity index (χ1) is 16.2. The van der Waals surface area contributed by atoms with Gasteiger partial charge in [-0.05, 0) is 55.5 Å². The van der Waals surface area contributed by atoms with Gasteiger partial charge in [-0.3, -0.25) is 14.4 Å². The highest BCUT2D eigenvalue weighted by atomic mass is 35.5. The van der Waals surface area contributed by atoms with Crippen LogP contribution < -0.4 is 20.8 Å². The summed E-state index contributed by atoms with van der Waals surface area (Å²) < 4.78 is 24.5. The Kier molecular flexibility index (Phi) is 5.73. The van der Waals surface area contributed by atoms with Gasteiger partial charge in [-0.1, -0.05) is 23.2 Å². The van der Waals surface area contributed by atoms with E-state index in [1.807, 2.05) is 0 Å². The van der Waals surface area contributed by atoms with Gasteiger partial charge in [-0.25, -0.2) is 4.39 Å². The van der Waals surface area contributed by atoms with Gasteiger partial charge in [-0.15, -0.1) is 0 Å². The molecular weight excluding hydrogens is 486 g/mol. The quantitative estimate of drug-likeness (QED) is 0.526. The van der Waals surface area contributed by atoms with Crippen molar-refractivity contribution in [2.24, 2.45) is 5.92 Å². The van der Waals surface area contributed by atoms with E-state index >= 15 is 0 Å². The standard InChI is InChI=1S/C24H19Cl2FN2O5/c25-13-1-4-20-15(5-13)19(30)7-21(34-20)23(32)29-24-8-12(9-24)18(10-24)28-22(31)11-33-14-2-3-16(26)17(27)6-14/h1-7,12,18H,8-11H2,(H,28,31)(H,29,32). The Morgan fingerprint density at radius 3 is 2.68 bits per heavy atom. The molecule has 0 aliphatic heterocycles. The smallest absolute Gasteiger partial charge is 0.287 e. The predicted molar refractivity (Wildman–Crippen MR) is 124 cm³/mol. The summed E-state index contributed by atoms with van der Waals surface area (Å²) in [6, 6.07) is 9.62. The van der Waals surface area contributed by atoms with Crippen molar-refractivity contribution in [2.45, 2.75) is 30.8 Å². The molecule has 2 N–H and O–H groups in total. The van der Waals surface area contributed by atoms with Crippen molar-refractivity contribution >= 4 is 46.0 Å². The number of rotatable bonds is 6. The van der Waals surface area contributed by atoms with Crippen molar-refractivity contribution < 1.29 is 23.1 Å². The average Bonchev–Trinajstić information content (AvgIpc) is 3.28. The molecule has 176 valence electrons. The molecule has 1 aromatic heterocycles. The van der Waals surface area contributed by atoms with Gasteiger partial charge < -0.3 is 19.8 Å². The van der Waals surface area contributed by atoms with Crippen LogP contribution in [0.15, 0.2) is 51.7 Å². The average molecular weight is 505 g/mol. The molecule has 3 aromatic rings. The summed E-state index contributed by atoms with van der Waals surface area (Å²) in [5.41, 5.74) is -0.536. The Labute approximate surface area is 203 Å². The number of nitrogens with one attached hydrogen (secondary N) is 2. The SMILES string of the molecule is O=C(COc1ccc(Cl)c(F)c1)NC1CC2(NC(=O)c3cc(=O)c4cc(Cl)ccc4o3)CC1C2. The lowest BCUT2D eigenvalue weighted by molar-refractivity contribution is -0.124. The molecule has 0 spiro atoms. The van der Waals surface area contributed by atoms with Crippen LogP contribution in [0.4, 0.5) is 4.39 Å². The fourth-order valence-corrected chi connectivity index (χ4v) is 5.10. The number of fused-ring (bicyclic) bond motifs is 2. The van der Waals surface area contributed by atoms with Crippen LogP contribution in [0.25, 0.3) is 11.0 Å². The lowest BCUT2D eigenvalue weighted by Crippen LogP contribution is -2.52. The van der Waals surface area contributed by atoms with Crippen molar-refractivity contribution in [1.29, 1.82) is 0 Å². The number of ether oxygens (including phenoxy) is 1. The van der Waals surface area contributed by atoms with Crippen molar-refractivity contribution in [2.75, 3.05) is 6.61 Å². The Hall–Kier alpha value is -3.10. The number of hydrogen-bond donors (Lipinski definition) is 2. The molecular formula is C24H19Cl2FN2O5. The maximum atomic E-state index is 13.5. The second kappa shape index (κ2) is 8.60. The maximum absolute atomic E-state index is 13.5. The lowest BCUT2D eigenvalue weighted by atomic mass is 9.76. The minimum atomic E-state index is -0.625. The third-order valence-electron chi connectivity index (χ3n) is 6.38. The summed E-state index contributed by atoms with van der Waals surface area (Å²) in [4.78, 5) is 37.5. The van der Waals surface area contributed by atoms with Crippen LogP contribution in [-0.4, -0.2) is 30.0 Å². The molecule has 10 heteroatoms. The van der Waals surface area contributed by atoms with E-state index in [2.05, 4.69) is 10.6 Å². The molecule has 1 atom stereocenters. The number of benzene rings is 2. The third kappa shape index (κ3) is 4.35. The molecule has 6 rings (SSSR count). The number of carbonyl (C=O) groups excluding carboxylic acids is 2. The minimum Gasteiger partial charge on any atom is -0.484 e. The van der Waals surface area contributed by atoms with Gasteiger partial charge >= 0.3 is 0 Å². The highest BCUT2D eigenvalue weighted by Crippen LogP contribution is 2.52. The molecule has 2 aromatic carbocycles. The van der Waals surface area contributed by atoms with Crippen LogP contribution >= 0.6 is 23.2 Å². The summed E-state index contributed by atoms with van der Waals surface area (Å²) in [7, 11) is 0. The van der Waals surface area contributed by atoms with Crippen LogP contribution in [-0.2, 0) is 4.79 Å². The minimum absolute atomic E-state index is 0.0257. The fourth-order valence-electron chi connectivity index (χ4n) is 4.81. The van der Waals surface area contributed by atoms with Gasteiger partial charge in [0.1, 0.15) is 17.1 Å². The number of amides is 2. The molecule has 3 fully saturated rings. The van der Waals surface area contributed by atoms with E-state index in [1.54, 1.807) is 12.1 Å². The summed E-state index contributed by atoms with van der Waals surface area (Å²) >= 11 is 11.6. The first-order valence-corrected chi connectivity index (χ1v) is 11.4. The van der Waals surface area contributed by atoms with Gasteiger partial charge in [0.25, 0.3) is 11.8 Å². The normalized spacial score (nSPS) is 22.8. The van der Waals surface area contributed by atoms with Crippen molar-refractivity contribution in [1.82, 2.24) is 10.6 Å². The van der Waals surface area contributed by atoms with Gasteiger partial charge in [-0.2, -0.15) is 0 Å². The Bertz CT molecular complexity index is 1370. The van der Waals surface area contributed by atoms with Crippen molar-refractivity contribution in [3.05, 3.63) is 74.3 Å². The molecule has 1 unspecified atom stereocenters. The molecule has 0 radical (unpaired) electrons. The molecule has 3 aliphatic rings. The Morgan fingerprint density at radius 2 is 1.91 bits per heavy atom. The zero-order valence-corrected chi connectivity index (χ0v) is 19.2. The van der Waals surface area contributed by atoms with Crippen molar-refractivity contribution in [3.63, 3.8) is 0 Å². The summed E-state index contributed by atoms with van der Waals surface area (Å²) in [6.45, 7) is -0.268. The lowest BCUT2D eigenvalue weighted by Gasteiger charge is -2.38. The van der Waals surface area contributed by atoms with Gasteiger partial charge in [0.15, 0.2) is 17.8 Å². The summed E-state index contributed by atoms with van der Waals surface area (Å²) in [5.74, 6) is -1.09.